The van der Waals surface area contributed by atoms with Gasteiger partial charge in [0.05, 0.1) is 17.6 Å². The molecule has 6 nitrogen and oxygen atoms in total. The van der Waals surface area contributed by atoms with E-state index in [4.69, 9.17) is 4.74 Å². The Hall–Kier alpha value is -2.77. The second kappa shape index (κ2) is 13.5. The van der Waals surface area contributed by atoms with Crippen LogP contribution in [0.3, 0.4) is 0 Å². The number of aromatic nitrogens is 2. The monoisotopic (exact) mass is 537 g/mol. The highest BCUT2D eigenvalue weighted by atomic mass is 19.1. The summed E-state index contributed by atoms with van der Waals surface area (Å²) in [6.07, 6.45) is 5.45. The second-order valence-electron chi connectivity index (χ2n) is 11.6. The number of unbranched alkanes of at least 4 members (excludes halogenated alkanes) is 1. The summed E-state index contributed by atoms with van der Waals surface area (Å²) in [6.45, 7) is 7.64. The molecule has 1 aliphatic rings. The zero-order valence-corrected chi connectivity index (χ0v) is 23.8. The number of aliphatic carboxylic acids is 1. The number of para-hydroxylation sites is 2. The highest BCUT2D eigenvalue weighted by Gasteiger charge is 2.33. The predicted octanol–water partition coefficient (Wildman–Crippen LogP) is 6.60. The van der Waals surface area contributed by atoms with E-state index in [0.717, 1.165) is 60.9 Å². The number of carbonyl (C=O) groups is 1. The summed E-state index contributed by atoms with van der Waals surface area (Å²) in [4.78, 5) is 22.3. The number of halogens is 1. The van der Waals surface area contributed by atoms with Crippen LogP contribution in [-0.2, 0) is 22.4 Å². The lowest BCUT2D eigenvalue weighted by atomic mass is 9.70. The first-order valence-electron chi connectivity index (χ1n) is 14.5. The van der Waals surface area contributed by atoms with Crippen molar-refractivity contribution in [2.75, 3.05) is 20.2 Å². The van der Waals surface area contributed by atoms with Crippen LogP contribution in [0.2, 0.25) is 0 Å². The quantitative estimate of drug-likeness (QED) is 0.227. The lowest BCUT2D eigenvalue weighted by Gasteiger charge is -2.37. The highest BCUT2D eigenvalue weighted by molar-refractivity contribution is 5.74. The molecule has 4 rings (SSSR count). The van der Waals surface area contributed by atoms with Gasteiger partial charge in [-0.25, -0.2) is 14.2 Å². The summed E-state index contributed by atoms with van der Waals surface area (Å²) in [6, 6.07) is 13.5. The van der Waals surface area contributed by atoms with E-state index >= 15 is 0 Å². The van der Waals surface area contributed by atoms with Crippen LogP contribution >= 0.6 is 0 Å². The Morgan fingerprint density at radius 1 is 1.18 bits per heavy atom. The smallest absolute Gasteiger partial charge is 0.332 e. The van der Waals surface area contributed by atoms with Crippen LogP contribution in [0, 0.1) is 17.7 Å². The predicted molar refractivity (Wildman–Crippen MR) is 154 cm³/mol. The topological polar surface area (TPSA) is 78.5 Å². The average Bonchev–Trinajstić information content (AvgIpc) is 3.33. The van der Waals surface area contributed by atoms with Crippen LogP contribution in [0.15, 0.2) is 42.5 Å². The molecule has 0 fully saturated rings. The molecule has 3 aromatic rings. The van der Waals surface area contributed by atoms with Crippen molar-refractivity contribution in [2.45, 2.75) is 83.8 Å². The molecule has 0 saturated carbocycles. The van der Waals surface area contributed by atoms with Crippen LogP contribution in [0.4, 0.5) is 4.39 Å². The van der Waals surface area contributed by atoms with Crippen LogP contribution in [-0.4, -0.2) is 58.3 Å². The Morgan fingerprint density at radius 3 is 2.72 bits per heavy atom. The SMILES string of the molecule is CC(C)[C@@H]1c2ccc(F)cc2CCC1CO[C@@H](CCN(C)[C@@H](C)CCCCc1nc2ccccc2[nH]1)C(=O)O. The van der Waals surface area contributed by atoms with E-state index in [1.165, 1.54) is 11.6 Å². The maximum absolute atomic E-state index is 13.8. The van der Waals surface area contributed by atoms with E-state index in [1.54, 1.807) is 6.07 Å². The number of imidazole rings is 1. The highest BCUT2D eigenvalue weighted by Crippen LogP contribution is 2.41. The van der Waals surface area contributed by atoms with Crippen molar-refractivity contribution in [3.05, 3.63) is 65.2 Å². The van der Waals surface area contributed by atoms with Crippen molar-refractivity contribution in [3.63, 3.8) is 0 Å². The molecule has 0 bridgehead atoms. The zero-order valence-electron chi connectivity index (χ0n) is 23.8. The Labute approximate surface area is 232 Å². The number of nitrogens with zero attached hydrogens (tertiary/aromatic N) is 2. The third-order valence-electron chi connectivity index (χ3n) is 8.48. The molecule has 1 unspecified atom stereocenters. The largest absolute Gasteiger partial charge is 0.479 e. The molecule has 2 N–H and O–H groups in total. The molecule has 0 amide bonds. The molecular formula is C32H44FN3O3. The summed E-state index contributed by atoms with van der Waals surface area (Å²) < 4.78 is 19.8. The molecule has 0 aliphatic heterocycles. The van der Waals surface area contributed by atoms with Crippen LogP contribution < -0.4 is 0 Å². The first kappa shape index (κ1) is 29.2. The number of nitrogens with one attached hydrogen (secondary N) is 1. The molecule has 2 aromatic carbocycles. The first-order chi connectivity index (χ1) is 18.7. The van der Waals surface area contributed by atoms with Gasteiger partial charge in [0.25, 0.3) is 0 Å². The number of carboxylic acid groups (broad SMARTS) is 1. The third kappa shape index (κ3) is 7.67. The first-order valence-corrected chi connectivity index (χ1v) is 14.5. The summed E-state index contributed by atoms with van der Waals surface area (Å²) in [5.74, 6) is 0.777. The summed E-state index contributed by atoms with van der Waals surface area (Å²) >= 11 is 0. The van der Waals surface area contributed by atoms with Gasteiger partial charge in [0.15, 0.2) is 6.10 Å². The van der Waals surface area contributed by atoms with Gasteiger partial charge in [0.2, 0.25) is 0 Å². The van der Waals surface area contributed by atoms with Gasteiger partial charge in [-0.1, -0.05) is 38.5 Å². The van der Waals surface area contributed by atoms with Gasteiger partial charge in [-0.05, 0) is 99.2 Å². The molecule has 39 heavy (non-hydrogen) atoms. The van der Waals surface area contributed by atoms with Crippen molar-refractivity contribution in [1.82, 2.24) is 14.9 Å². The number of hydrogen-bond acceptors (Lipinski definition) is 4. The van der Waals surface area contributed by atoms with Crippen molar-refractivity contribution >= 4 is 17.0 Å². The molecule has 1 aliphatic carbocycles. The number of ether oxygens (including phenoxy) is 1. The average molecular weight is 538 g/mol. The van der Waals surface area contributed by atoms with Crippen LogP contribution in [0.25, 0.3) is 11.0 Å². The van der Waals surface area contributed by atoms with Gasteiger partial charge in [-0.15, -0.1) is 0 Å². The number of rotatable bonds is 14. The number of benzene rings is 2. The molecule has 0 radical (unpaired) electrons. The summed E-state index contributed by atoms with van der Waals surface area (Å²) in [5, 5.41) is 9.86. The number of H-pyrrole nitrogens is 1. The molecular weight excluding hydrogens is 493 g/mol. The van der Waals surface area contributed by atoms with E-state index in [9.17, 15) is 14.3 Å². The van der Waals surface area contributed by atoms with Crippen molar-refractivity contribution < 1.29 is 19.0 Å². The molecule has 212 valence electrons. The number of fused-ring (bicyclic) bond motifs is 2. The number of carboxylic acids is 1. The van der Waals surface area contributed by atoms with E-state index in [1.807, 2.05) is 24.3 Å². The normalized spacial score (nSPS) is 18.9. The fourth-order valence-electron chi connectivity index (χ4n) is 6.12. The van der Waals surface area contributed by atoms with Crippen LogP contribution in [0.5, 0.6) is 0 Å². The standard InChI is InChI=1S/C32H44FN3O3/c1-21(2)31-24(14-13-23-19-25(33)15-16-26(23)31)20-39-29(32(37)38)17-18-36(4)22(3)9-5-8-12-30-34-27-10-6-7-11-28(27)35-30/h6-7,10-11,15-16,19,21-22,24,29,31H,5,8-9,12-14,17-18,20H2,1-4H3,(H,34,35)(H,37,38)/t22-,24?,29-,31-/m0/s1. The minimum atomic E-state index is -0.902. The number of hydrogen-bond donors (Lipinski definition) is 2. The molecule has 0 spiro atoms. The Bertz CT molecular complexity index is 1190. The summed E-state index contributed by atoms with van der Waals surface area (Å²) in [7, 11) is 2.06. The number of aryl methyl sites for hydroxylation is 2. The Kier molecular flexibility index (Phi) is 10.1. The number of aromatic amines is 1. The van der Waals surface area contributed by atoms with Crippen molar-refractivity contribution in [3.8, 4) is 0 Å². The van der Waals surface area contributed by atoms with E-state index in [-0.39, 0.29) is 17.7 Å². The van der Waals surface area contributed by atoms with Gasteiger partial charge in [-0.3, -0.25) is 0 Å². The maximum atomic E-state index is 13.8. The fraction of sp³-hybridized carbons (Fsp3) is 0.562. The molecule has 1 heterocycles. The maximum Gasteiger partial charge on any atom is 0.332 e. The van der Waals surface area contributed by atoms with Gasteiger partial charge in [0, 0.05) is 19.0 Å². The minimum Gasteiger partial charge on any atom is -0.479 e. The van der Waals surface area contributed by atoms with Gasteiger partial charge in [0.1, 0.15) is 11.6 Å². The zero-order chi connectivity index (χ0) is 27.9. The fourth-order valence-corrected chi connectivity index (χ4v) is 6.12. The lowest BCUT2D eigenvalue weighted by molar-refractivity contribution is -0.152. The van der Waals surface area contributed by atoms with Crippen LogP contribution in [0.1, 0.15) is 75.7 Å². The lowest BCUT2D eigenvalue weighted by Crippen LogP contribution is -2.36. The molecule has 0 saturated heterocycles. The second-order valence-corrected chi connectivity index (χ2v) is 11.6. The van der Waals surface area contributed by atoms with E-state index in [2.05, 4.69) is 48.8 Å². The van der Waals surface area contributed by atoms with E-state index in [0.29, 0.717) is 31.5 Å². The van der Waals surface area contributed by atoms with Gasteiger partial charge in [-0.2, -0.15) is 0 Å². The minimum absolute atomic E-state index is 0.193. The Morgan fingerprint density at radius 2 is 1.97 bits per heavy atom. The van der Waals surface area contributed by atoms with Crippen molar-refractivity contribution in [1.29, 1.82) is 0 Å². The molecule has 4 atom stereocenters. The van der Waals surface area contributed by atoms with Crippen molar-refractivity contribution in [2.24, 2.45) is 11.8 Å². The third-order valence-corrected chi connectivity index (χ3v) is 8.48. The van der Waals surface area contributed by atoms with Gasteiger partial charge >= 0.3 is 5.97 Å². The van der Waals surface area contributed by atoms with E-state index < -0.39 is 12.1 Å². The Balaban J connectivity index is 1.21. The summed E-state index contributed by atoms with van der Waals surface area (Å²) in [5.41, 5.74) is 4.36. The molecule has 1 aromatic heterocycles. The van der Waals surface area contributed by atoms with Gasteiger partial charge < -0.3 is 19.7 Å². The molecule has 7 heteroatoms.